The lowest BCUT2D eigenvalue weighted by molar-refractivity contribution is 0.669. The molecule has 9 aromatic carbocycles. The number of benzene rings is 9. The van der Waals surface area contributed by atoms with E-state index < -0.39 is 0 Å². The molecule has 270 valence electrons. The lowest BCUT2D eigenvalue weighted by atomic mass is 9.93. The smallest absolute Gasteiger partial charge is 0.164 e. The molecule has 0 unspecified atom stereocenters. The highest BCUT2D eigenvalue weighted by molar-refractivity contribution is 7.25. The largest absolute Gasteiger partial charge is 0.456 e. The van der Waals surface area contributed by atoms with E-state index in [-0.39, 0.29) is 0 Å². The number of nitrogens with zero attached hydrogens (tertiary/aromatic N) is 3. The van der Waals surface area contributed by atoms with Gasteiger partial charge in [0.2, 0.25) is 0 Å². The van der Waals surface area contributed by atoms with Crippen molar-refractivity contribution in [2.75, 3.05) is 0 Å². The molecule has 3 aromatic heterocycles. The van der Waals surface area contributed by atoms with Crippen LogP contribution in [0.25, 0.3) is 120 Å². The summed E-state index contributed by atoms with van der Waals surface area (Å²) in [4.78, 5) is 15.6. The van der Waals surface area contributed by atoms with E-state index in [9.17, 15) is 0 Å². The predicted molar refractivity (Wildman–Crippen MR) is 242 cm³/mol. The third kappa shape index (κ3) is 5.32. The molecule has 0 N–H and O–H groups in total. The molecule has 12 rings (SSSR count). The van der Waals surface area contributed by atoms with Gasteiger partial charge in [-0.05, 0) is 74.1 Å². The highest BCUT2D eigenvalue weighted by Crippen LogP contribution is 2.40. The predicted octanol–water partition coefficient (Wildman–Crippen LogP) is 14.8. The van der Waals surface area contributed by atoms with Gasteiger partial charge in [0.1, 0.15) is 11.2 Å². The summed E-state index contributed by atoms with van der Waals surface area (Å²) in [5.74, 6) is 1.81. The molecule has 0 bridgehead atoms. The first-order valence-corrected chi connectivity index (χ1v) is 20.2. The van der Waals surface area contributed by atoms with Crippen LogP contribution in [0, 0.1) is 0 Å². The first-order valence-electron chi connectivity index (χ1n) is 19.4. The Bertz CT molecular complexity index is 3580. The minimum atomic E-state index is 0.595. The molecule has 0 aliphatic heterocycles. The van der Waals surface area contributed by atoms with Gasteiger partial charge < -0.3 is 4.42 Å². The number of furan rings is 1. The van der Waals surface area contributed by atoms with E-state index in [0.29, 0.717) is 17.5 Å². The Kier molecular flexibility index (Phi) is 7.37. The zero-order chi connectivity index (χ0) is 38.2. The van der Waals surface area contributed by atoms with Crippen molar-refractivity contribution in [3.05, 3.63) is 188 Å². The molecule has 58 heavy (non-hydrogen) atoms. The van der Waals surface area contributed by atoms with Crippen molar-refractivity contribution in [2.24, 2.45) is 0 Å². The number of rotatable bonds is 5. The summed E-state index contributed by atoms with van der Waals surface area (Å²) < 4.78 is 8.90. The highest BCUT2D eigenvalue weighted by Gasteiger charge is 2.19. The van der Waals surface area contributed by atoms with Gasteiger partial charge >= 0.3 is 0 Å². The first kappa shape index (κ1) is 32.7. The zero-order valence-corrected chi connectivity index (χ0v) is 31.9. The van der Waals surface area contributed by atoms with Gasteiger partial charge in [-0.25, -0.2) is 15.0 Å². The second-order valence-electron chi connectivity index (χ2n) is 14.7. The van der Waals surface area contributed by atoms with E-state index in [2.05, 4.69) is 158 Å². The summed E-state index contributed by atoms with van der Waals surface area (Å²) in [6.45, 7) is 0. The molecule has 0 aliphatic carbocycles. The number of thiophene rings is 1. The average Bonchev–Trinajstić information content (AvgIpc) is 3.87. The minimum absolute atomic E-state index is 0.595. The maximum absolute atomic E-state index is 6.30. The van der Waals surface area contributed by atoms with E-state index >= 15 is 0 Å². The molecule has 0 radical (unpaired) electrons. The van der Waals surface area contributed by atoms with Crippen LogP contribution in [0.5, 0.6) is 0 Å². The maximum Gasteiger partial charge on any atom is 0.164 e. The van der Waals surface area contributed by atoms with Gasteiger partial charge in [-0.1, -0.05) is 158 Å². The molecular weight excluding hydrogens is 727 g/mol. The lowest BCUT2D eigenvalue weighted by Gasteiger charge is -2.13. The van der Waals surface area contributed by atoms with Crippen LogP contribution >= 0.6 is 11.3 Å². The van der Waals surface area contributed by atoms with Crippen molar-refractivity contribution in [3.63, 3.8) is 0 Å². The van der Waals surface area contributed by atoms with Crippen LogP contribution in [0.2, 0.25) is 0 Å². The molecule has 5 heteroatoms. The molecule has 3 heterocycles. The molecule has 0 spiro atoms. The van der Waals surface area contributed by atoms with Crippen LogP contribution < -0.4 is 0 Å². The second kappa shape index (κ2) is 13.1. The van der Waals surface area contributed by atoms with Gasteiger partial charge in [0, 0.05) is 47.6 Å². The zero-order valence-electron chi connectivity index (χ0n) is 31.1. The number of aromatic nitrogens is 3. The van der Waals surface area contributed by atoms with Gasteiger partial charge in [-0.2, -0.15) is 0 Å². The van der Waals surface area contributed by atoms with Gasteiger partial charge in [-0.15, -0.1) is 11.3 Å². The van der Waals surface area contributed by atoms with Gasteiger partial charge in [0.15, 0.2) is 17.5 Å². The molecule has 12 aromatic rings. The molecule has 4 nitrogen and oxygen atoms in total. The SMILES string of the molecule is c1cc(-c2nc(-c3ccc(-c4ccc5c(c4)sc4ccccc45)cc3)nc(-c3cccc4oc5ccccc5c34)n2)cc(-c2cccc3ccc4ccccc4c23)c1. The number of hydrogen-bond donors (Lipinski definition) is 0. The van der Waals surface area contributed by atoms with E-state index in [1.54, 1.807) is 0 Å². The molecule has 0 saturated carbocycles. The minimum Gasteiger partial charge on any atom is -0.456 e. The van der Waals surface area contributed by atoms with Crippen molar-refractivity contribution in [2.45, 2.75) is 0 Å². The quantitative estimate of drug-likeness (QED) is 0.164. The van der Waals surface area contributed by atoms with Crippen molar-refractivity contribution in [3.8, 4) is 56.4 Å². The van der Waals surface area contributed by atoms with Gasteiger partial charge in [0.25, 0.3) is 0 Å². The van der Waals surface area contributed by atoms with Crippen LogP contribution in [0.4, 0.5) is 0 Å². The third-order valence-electron chi connectivity index (χ3n) is 11.3. The van der Waals surface area contributed by atoms with Crippen molar-refractivity contribution < 1.29 is 4.42 Å². The van der Waals surface area contributed by atoms with E-state index in [1.165, 1.54) is 52.8 Å². The summed E-state index contributed by atoms with van der Waals surface area (Å²) in [7, 11) is 0. The van der Waals surface area contributed by atoms with Crippen molar-refractivity contribution in [1.29, 1.82) is 0 Å². The van der Waals surface area contributed by atoms with E-state index in [0.717, 1.165) is 49.8 Å². The van der Waals surface area contributed by atoms with Crippen LogP contribution in [-0.2, 0) is 0 Å². The number of fused-ring (bicyclic) bond motifs is 9. The monoisotopic (exact) mass is 757 g/mol. The van der Waals surface area contributed by atoms with Crippen LogP contribution in [0.15, 0.2) is 192 Å². The third-order valence-corrected chi connectivity index (χ3v) is 12.5. The van der Waals surface area contributed by atoms with Crippen LogP contribution in [0.3, 0.4) is 0 Å². The Labute approximate surface area is 337 Å². The Morgan fingerprint density at radius 2 is 0.948 bits per heavy atom. The molecule has 0 saturated heterocycles. The lowest BCUT2D eigenvalue weighted by Crippen LogP contribution is -2.00. The standard InChI is InChI=1S/C53H31N3OS/c1-2-14-39-33(10-1)24-25-34-11-8-17-40(49(34)39)37-12-7-13-38(30-37)52-54-51(55-53(56-52)44-18-9-20-46-50(44)43-16-3-5-19-45(43)57-46)35-26-22-32(23-27-35)36-28-29-42-41-15-4-6-21-47(41)58-48(42)31-36/h1-31H. The number of para-hydroxylation sites is 1. The molecule has 0 atom stereocenters. The summed E-state index contributed by atoms with van der Waals surface area (Å²) in [5.41, 5.74) is 8.95. The number of hydrogen-bond acceptors (Lipinski definition) is 5. The van der Waals surface area contributed by atoms with Crippen LogP contribution in [-0.4, -0.2) is 15.0 Å². The average molecular weight is 758 g/mol. The molecule has 0 amide bonds. The molecular formula is C53H31N3OS. The van der Waals surface area contributed by atoms with E-state index in [4.69, 9.17) is 19.4 Å². The highest BCUT2D eigenvalue weighted by atomic mass is 32.1. The fraction of sp³-hybridized carbons (Fsp3) is 0. The summed E-state index contributed by atoms with van der Waals surface area (Å²) in [6, 6.07) is 66.3. The summed E-state index contributed by atoms with van der Waals surface area (Å²) >= 11 is 1.84. The van der Waals surface area contributed by atoms with Gasteiger partial charge in [-0.3, -0.25) is 0 Å². The maximum atomic E-state index is 6.30. The Balaban J connectivity index is 1.01. The normalized spacial score (nSPS) is 11.8. The fourth-order valence-corrected chi connectivity index (χ4v) is 9.70. The fourth-order valence-electron chi connectivity index (χ4n) is 8.56. The van der Waals surface area contributed by atoms with Crippen molar-refractivity contribution in [1.82, 2.24) is 15.0 Å². The Morgan fingerprint density at radius 1 is 0.328 bits per heavy atom. The first-order chi connectivity index (χ1) is 28.7. The van der Waals surface area contributed by atoms with Crippen LogP contribution in [0.1, 0.15) is 0 Å². The topological polar surface area (TPSA) is 51.8 Å². The van der Waals surface area contributed by atoms with Gasteiger partial charge in [0.05, 0.1) is 0 Å². The second-order valence-corrected chi connectivity index (χ2v) is 15.8. The van der Waals surface area contributed by atoms with E-state index in [1.807, 2.05) is 41.7 Å². The Morgan fingerprint density at radius 3 is 1.86 bits per heavy atom. The summed E-state index contributed by atoms with van der Waals surface area (Å²) in [6.07, 6.45) is 0. The molecule has 0 aliphatic rings. The summed E-state index contributed by atoms with van der Waals surface area (Å²) in [5, 5.41) is 9.52. The molecule has 0 fully saturated rings. The Hall–Kier alpha value is -7.47. The van der Waals surface area contributed by atoms with Crippen molar-refractivity contribution >= 4 is 75.0 Å².